The lowest BCUT2D eigenvalue weighted by Gasteiger charge is -2.23. The van der Waals surface area contributed by atoms with E-state index < -0.39 is 0 Å². The number of aromatic nitrogens is 4. The highest BCUT2D eigenvalue weighted by Gasteiger charge is 2.24. The number of fused-ring (bicyclic) bond motifs is 1. The molecule has 4 aromatic carbocycles. The van der Waals surface area contributed by atoms with E-state index in [1.165, 1.54) is 0 Å². The Kier molecular flexibility index (Phi) is 7.34. The van der Waals surface area contributed by atoms with Crippen molar-refractivity contribution in [3.05, 3.63) is 143 Å². The molecule has 0 saturated heterocycles. The number of imidazole rings is 1. The molecule has 0 bridgehead atoms. The first kappa shape index (κ1) is 26.1. The summed E-state index contributed by atoms with van der Waals surface area (Å²) >= 11 is 0. The van der Waals surface area contributed by atoms with Crippen molar-refractivity contribution in [2.45, 2.75) is 26.9 Å². The highest BCUT2D eigenvalue weighted by molar-refractivity contribution is 6.03. The largest absolute Gasteiger partial charge is 0.286 e. The van der Waals surface area contributed by atoms with Crippen LogP contribution in [0.2, 0.25) is 0 Å². The van der Waals surface area contributed by atoms with Crippen LogP contribution in [0.3, 0.4) is 0 Å². The molecule has 7 nitrogen and oxygen atoms in total. The number of carbonyl (C=O) groups excluding carboxylic acids is 1. The molecule has 6 aromatic rings. The number of hydrazine groups is 1. The molecule has 202 valence electrons. The monoisotopic (exact) mass is 538 g/mol. The van der Waals surface area contributed by atoms with Gasteiger partial charge in [-0.2, -0.15) is 0 Å². The fourth-order valence-corrected chi connectivity index (χ4v) is 4.88. The molecular formula is C34H30N6O. The van der Waals surface area contributed by atoms with E-state index in [9.17, 15) is 4.79 Å². The minimum absolute atomic E-state index is 0.231. The zero-order valence-electron chi connectivity index (χ0n) is 23.0. The van der Waals surface area contributed by atoms with Crippen LogP contribution in [0.25, 0.3) is 28.2 Å². The van der Waals surface area contributed by atoms with E-state index in [4.69, 9.17) is 15.0 Å². The zero-order valence-corrected chi connectivity index (χ0v) is 23.0. The summed E-state index contributed by atoms with van der Waals surface area (Å²) in [5.41, 5.74) is 9.46. The number of carbonyl (C=O) groups is 1. The molecule has 6 rings (SSSR count). The van der Waals surface area contributed by atoms with Gasteiger partial charge in [0.2, 0.25) is 0 Å². The summed E-state index contributed by atoms with van der Waals surface area (Å²) in [5, 5.41) is 1.91. The molecule has 0 fully saturated rings. The Labute approximate surface area is 239 Å². The molecule has 2 aromatic heterocycles. The average Bonchev–Trinajstić information content (AvgIpc) is 3.34. The normalized spacial score (nSPS) is 11.2. The molecule has 0 saturated carbocycles. The minimum Gasteiger partial charge on any atom is -0.283 e. The van der Waals surface area contributed by atoms with E-state index in [-0.39, 0.29) is 11.6 Å². The predicted molar refractivity (Wildman–Crippen MR) is 161 cm³/mol. The molecule has 41 heavy (non-hydrogen) atoms. The van der Waals surface area contributed by atoms with Crippen molar-refractivity contribution in [2.75, 3.05) is 0 Å². The van der Waals surface area contributed by atoms with E-state index in [0.717, 1.165) is 33.8 Å². The van der Waals surface area contributed by atoms with Gasteiger partial charge in [-0.15, -0.1) is 0 Å². The van der Waals surface area contributed by atoms with Crippen LogP contribution in [0.1, 0.15) is 33.0 Å². The lowest BCUT2D eigenvalue weighted by Crippen LogP contribution is -2.41. The second-order valence-corrected chi connectivity index (χ2v) is 10.0. The van der Waals surface area contributed by atoms with Crippen LogP contribution in [-0.2, 0) is 13.1 Å². The van der Waals surface area contributed by atoms with Crippen molar-refractivity contribution in [3.63, 3.8) is 0 Å². The van der Waals surface area contributed by atoms with Crippen LogP contribution in [0.4, 0.5) is 0 Å². The Morgan fingerprint density at radius 1 is 0.707 bits per heavy atom. The van der Waals surface area contributed by atoms with Crippen LogP contribution in [0.5, 0.6) is 0 Å². The second kappa shape index (κ2) is 11.5. The maximum atomic E-state index is 14.1. The summed E-state index contributed by atoms with van der Waals surface area (Å²) in [6.45, 7) is 5.00. The molecule has 0 aliphatic rings. The quantitative estimate of drug-likeness (QED) is 0.226. The topological polar surface area (TPSA) is 75.9 Å². The van der Waals surface area contributed by atoms with Gasteiger partial charge in [0.1, 0.15) is 11.3 Å². The van der Waals surface area contributed by atoms with E-state index in [0.29, 0.717) is 30.1 Å². The second-order valence-electron chi connectivity index (χ2n) is 10.0. The first-order valence-electron chi connectivity index (χ1n) is 13.6. The molecule has 1 amide bonds. The minimum atomic E-state index is -0.338. The Hall–Kier alpha value is -5.14. The summed E-state index contributed by atoms with van der Waals surface area (Å²) < 4.78 is 1.97. The third-order valence-corrected chi connectivity index (χ3v) is 6.91. The number of aryl methyl sites for hydroxylation is 2. The average molecular weight is 539 g/mol. The lowest BCUT2D eigenvalue weighted by molar-refractivity contribution is 0.0755. The molecule has 2 heterocycles. The van der Waals surface area contributed by atoms with Gasteiger partial charge >= 0.3 is 0 Å². The van der Waals surface area contributed by atoms with Gasteiger partial charge in [-0.05, 0) is 37.1 Å². The van der Waals surface area contributed by atoms with E-state index in [1.807, 2.05) is 139 Å². The summed E-state index contributed by atoms with van der Waals surface area (Å²) in [6.07, 6.45) is 0. The van der Waals surface area contributed by atoms with Gasteiger partial charge in [0.15, 0.2) is 17.2 Å². The van der Waals surface area contributed by atoms with Gasteiger partial charge in [0.05, 0.1) is 0 Å². The molecule has 0 radical (unpaired) electrons. The molecule has 0 atom stereocenters. The fourth-order valence-electron chi connectivity index (χ4n) is 4.88. The lowest BCUT2D eigenvalue weighted by atomic mass is 10.1. The highest BCUT2D eigenvalue weighted by atomic mass is 16.2. The first-order chi connectivity index (χ1) is 20.0. The Morgan fingerprint density at radius 3 is 1.85 bits per heavy atom. The molecule has 0 aliphatic carbocycles. The van der Waals surface area contributed by atoms with Crippen molar-refractivity contribution in [3.8, 4) is 17.1 Å². The Morgan fingerprint density at radius 2 is 1.27 bits per heavy atom. The molecule has 1 N–H and O–H groups in total. The maximum Gasteiger partial charge on any atom is 0.286 e. The maximum absolute atomic E-state index is 14.1. The van der Waals surface area contributed by atoms with Crippen molar-refractivity contribution >= 4 is 17.1 Å². The van der Waals surface area contributed by atoms with Gasteiger partial charge in [0, 0.05) is 24.3 Å². The Bertz CT molecular complexity index is 1740. The molecular weight excluding hydrogens is 508 g/mol. The molecule has 0 spiro atoms. The number of rotatable bonds is 8. The van der Waals surface area contributed by atoms with Crippen LogP contribution < -0.4 is 5.43 Å². The van der Waals surface area contributed by atoms with E-state index in [2.05, 4.69) is 5.43 Å². The smallest absolute Gasteiger partial charge is 0.283 e. The summed E-state index contributed by atoms with van der Waals surface area (Å²) in [4.78, 5) is 28.6. The van der Waals surface area contributed by atoms with Gasteiger partial charge in [-0.25, -0.2) is 20.0 Å². The molecule has 0 unspecified atom stereocenters. The first-order valence-corrected chi connectivity index (χ1v) is 13.6. The molecule has 7 heteroatoms. The van der Waals surface area contributed by atoms with Gasteiger partial charge in [-0.1, -0.05) is 109 Å². The summed E-state index contributed by atoms with van der Waals surface area (Å²) in [7, 11) is 0. The number of hydrogen-bond acceptors (Lipinski definition) is 5. The predicted octanol–water partition coefficient (Wildman–Crippen LogP) is 6.45. The van der Waals surface area contributed by atoms with Gasteiger partial charge in [-0.3, -0.25) is 14.8 Å². The number of benzene rings is 4. The SMILES string of the molecule is Cc1ccc(-c2nc(C(=O)NN(Cc3ccccc3)Cc3ccccc3)c3nc(C)n(-c4ccccc4)c3n2)cc1. The molecule has 0 aliphatic heterocycles. The number of nitrogens with one attached hydrogen (secondary N) is 1. The number of nitrogens with zero attached hydrogens (tertiary/aromatic N) is 5. The van der Waals surface area contributed by atoms with Crippen LogP contribution in [0.15, 0.2) is 115 Å². The van der Waals surface area contributed by atoms with Crippen LogP contribution in [-0.4, -0.2) is 30.4 Å². The van der Waals surface area contributed by atoms with Gasteiger partial charge < -0.3 is 0 Å². The third-order valence-electron chi connectivity index (χ3n) is 6.91. The van der Waals surface area contributed by atoms with Crippen molar-refractivity contribution in [1.82, 2.24) is 30.0 Å². The number of amides is 1. The fraction of sp³-hybridized carbons (Fsp3) is 0.118. The summed E-state index contributed by atoms with van der Waals surface area (Å²) in [5.74, 6) is 0.855. The number of hydrogen-bond donors (Lipinski definition) is 1. The zero-order chi connectivity index (χ0) is 28.2. The summed E-state index contributed by atoms with van der Waals surface area (Å²) in [6, 6.07) is 38.1. The highest BCUT2D eigenvalue weighted by Crippen LogP contribution is 2.26. The van der Waals surface area contributed by atoms with E-state index >= 15 is 0 Å². The van der Waals surface area contributed by atoms with Crippen molar-refractivity contribution in [1.29, 1.82) is 0 Å². The van der Waals surface area contributed by atoms with Crippen molar-refractivity contribution < 1.29 is 4.79 Å². The van der Waals surface area contributed by atoms with Gasteiger partial charge in [0.25, 0.3) is 5.91 Å². The number of para-hydroxylation sites is 1. The van der Waals surface area contributed by atoms with E-state index in [1.54, 1.807) is 0 Å². The van der Waals surface area contributed by atoms with Crippen LogP contribution in [0, 0.1) is 13.8 Å². The Balaban J connectivity index is 1.44. The standard InChI is InChI=1S/C34H30N6O/c1-24-18-20-28(21-19-24)32-36-31(30-33(37-32)40(25(2)35-30)29-16-10-5-11-17-29)34(41)38-39(22-26-12-6-3-7-13-26)23-27-14-8-4-9-15-27/h3-21H,22-23H2,1-2H3,(H,38,41). The third kappa shape index (κ3) is 5.76. The van der Waals surface area contributed by atoms with Crippen LogP contribution >= 0.6 is 0 Å². The van der Waals surface area contributed by atoms with Crippen molar-refractivity contribution in [2.24, 2.45) is 0 Å².